The van der Waals surface area contributed by atoms with Crippen LogP contribution >= 0.6 is 0 Å². The molecule has 0 radical (unpaired) electrons. The summed E-state index contributed by atoms with van der Waals surface area (Å²) in [5.74, 6) is -0.503. The van der Waals surface area contributed by atoms with E-state index in [1.165, 1.54) is 18.2 Å². The molecule has 0 saturated heterocycles. The number of anilines is 1. The molecule has 1 amide bonds. The minimum absolute atomic E-state index is 0.103. The lowest BCUT2D eigenvalue weighted by molar-refractivity contribution is 0.0924. The van der Waals surface area contributed by atoms with Gasteiger partial charge in [0.05, 0.1) is 0 Å². The highest BCUT2D eigenvalue weighted by molar-refractivity contribution is 5.91. The molecule has 0 aliphatic carbocycles. The lowest BCUT2D eigenvalue weighted by atomic mass is 10.2. The Labute approximate surface area is 97.2 Å². The number of hydrogen-bond acceptors (Lipinski definition) is 3. The molecule has 1 aromatic carbocycles. The number of halogens is 1. The third-order valence-corrected chi connectivity index (χ3v) is 2.25. The molecule has 1 aromatic heterocycles. The van der Waals surface area contributed by atoms with Crippen molar-refractivity contribution in [2.75, 3.05) is 5.73 Å². The van der Waals surface area contributed by atoms with Crippen LogP contribution in [-0.4, -0.2) is 5.91 Å². The van der Waals surface area contributed by atoms with Gasteiger partial charge in [-0.2, -0.15) is 0 Å². The summed E-state index contributed by atoms with van der Waals surface area (Å²) in [6, 6.07) is 9.19. The smallest absolute Gasteiger partial charge is 0.287 e. The van der Waals surface area contributed by atoms with Crippen LogP contribution in [0.2, 0.25) is 0 Å². The highest BCUT2D eigenvalue weighted by Gasteiger charge is 2.10. The van der Waals surface area contributed by atoms with Crippen molar-refractivity contribution < 1.29 is 13.6 Å². The number of nitrogen functional groups attached to an aromatic ring is 1. The number of rotatable bonds is 3. The van der Waals surface area contributed by atoms with Crippen molar-refractivity contribution in [2.24, 2.45) is 0 Å². The maximum atomic E-state index is 13.3. The Morgan fingerprint density at radius 1 is 1.29 bits per heavy atom. The Kier molecular flexibility index (Phi) is 3.09. The van der Waals surface area contributed by atoms with Gasteiger partial charge in [0.25, 0.3) is 5.91 Å². The fourth-order valence-electron chi connectivity index (χ4n) is 1.38. The van der Waals surface area contributed by atoms with Gasteiger partial charge in [-0.3, -0.25) is 4.79 Å². The van der Waals surface area contributed by atoms with Crippen molar-refractivity contribution in [1.29, 1.82) is 0 Å². The summed E-state index contributed by atoms with van der Waals surface area (Å²) in [6.45, 7) is 0.103. The van der Waals surface area contributed by atoms with Crippen LogP contribution in [0.3, 0.4) is 0 Å². The highest BCUT2D eigenvalue weighted by atomic mass is 19.1. The predicted octanol–water partition coefficient (Wildman–Crippen LogP) is 1.93. The average Bonchev–Trinajstić information content (AvgIpc) is 2.74. The summed E-state index contributed by atoms with van der Waals surface area (Å²) in [6.07, 6.45) is 0. The molecule has 2 aromatic rings. The van der Waals surface area contributed by atoms with E-state index < -0.39 is 5.91 Å². The molecular weight excluding hydrogens is 223 g/mol. The molecule has 0 fully saturated rings. The molecule has 0 atom stereocenters. The van der Waals surface area contributed by atoms with Gasteiger partial charge < -0.3 is 15.5 Å². The minimum atomic E-state index is -0.426. The van der Waals surface area contributed by atoms with Gasteiger partial charge in [0.1, 0.15) is 5.82 Å². The number of nitrogens with two attached hydrogens (primary N) is 1. The van der Waals surface area contributed by atoms with Crippen molar-refractivity contribution in [3.63, 3.8) is 0 Å². The Morgan fingerprint density at radius 3 is 2.71 bits per heavy atom. The van der Waals surface area contributed by atoms with E-state index in [-0.39, 0.29) is 24.0 Å². The van der Waals surface area contributed by atoms with E-state index in [0.717, 1.165) is 0 Å². The van der Waals surface area contributed by atoms with Crippen molar-refractivity contribution in [2.45, 2.75) is 6.54 Å². The molecular formula is C12H11FN2O2. The zero-order valence-corrected chi connectivity index (χ0v) is 8.94. The number of carbonyl (C=O) groups is 1. The Balaban J connectivity index is 1.99. The normalized spacial score (nSPS) is 10.2. The van der Waals surface area contributed by atoms with Gasteiger partial charge >= 0.3 is 0 Å². The van der Waals surface area contributed by atoms with Gasteiger partial charge in [0.2, 0.25) is 0 Å². The van der Waals surface area contributed by atoms with Crippen molar-refractivity contribution in [3.8, 4) is 0 Å². The van der Waals surface area contributed by atoms with E-state index in [0.29, 0.717) is 5.56 Å². The molecule has 88 valence electrons. The van der Waals surface area contributed by atoms with E-state index in [1.54, 1.807) is 18.2 Å². The third kappa shape index (κ3) is 2.63. The predicted molar refractivity (Wildman–Crippen MR) is 60.7 cm³/mol. The molecule has 0 aliphatic rings. The van der Waals surface area contributed by atoms with Gasteiger partial charge in [-0.15, -0.1) is 0 Å². The molecule has 0 unspecified atom stereocenters. The minimum Gasteiger partial charge on any atom is -0.436 e. The first-order valence-corrected chi connectivity index (χ1v) is 5.04. The van der Waals surface area contributed by atoms with Crippen LogP contribution in [0.5, 0.6) is 0 Å². The van der Waals surface area contributed by atoms with Gasteiger partial charge in [0.15, 0.2) is 11.6 Å². The van der Waals surface area contributed by atoms with Crippen LogP contribution in [0.25, 0.3) is 0 Å². The van der Waals surface area contributed by atoms with Crippen LogP contribution in [0, 0.1) is 5.82 Å². The molecule has 5 heteroatoms. The molecule has 0 bridgehead atoms. The van der Waals surface area contributed by atoms with Gasteiger partial charge in [-0.05, 0) is 12.1 Å². The molecule has 17 heavy (non-hydrogen) atoms. The first-order chi connectivity index (χ1) is 8.16. The second kappa shape index (κ2) is 4.69. The number of amides is 1. The SMILES string of the molecule is Nc1ccc(C(=O)NCc2ccccc2F)o1. The van der Waals surface area contributed by atoms with Gasteiger partial charge in [0, 0.05) is 18.2 Å². The maximum absolute atomic E-state index is 13.3. The summed E-state index contributed by atoms with van der Waals surface area (Å²) in [7, 11) is 0. The summed E-state index contributed by atoms with van der Waals surface area (Å²) >= 11 is 0. The fourth-order valence-corrected chi connectivity index (χ4v) is 1.38. The van der Waals surface area contributed by atoms with E-state index in [2.05, 4.69) is 5.32 Å². The average molecular weight is 234 g/mol. The molecule has 0 spiro atoms. The maximum Gasteiger partial charge on any atom is 0.287 e. The molecule has 1 heterocycles. The number of carbonyl (C=O) groups excluding carboxylic acids is 1. The van der Waals surface area contributed by atoms with E-state index >= 15 is 0 Å². The first-order valence-electron chi connectivity index (χ1n) is 5.04. The van der Waals surface area contributed by atoms with E-state index in [9.17, 15) is 9.18 Å². The molecule has 4 nitrogen and oxygen atoms in total. The van der Waals surface area contributed by atoms with Crippen LogP contribution in [0.15, 0.2) is 40.8 Å². The van der Waals surface area contributed by atoms with Gasteiger partial charge in [-0.25, -0.2) is 4.39 Å². The fraction of sp³-hybridized carbons (Fsp3) is 0.0833. The number of furan rings is 1. The Bertz CT molecular complexity index is 537. The van der Waals surface area contributed by atoms with Crippen molar-refractivity contribution in [3.05, 3.63) is 53.5 Å². The quantitative estimate of drug-likeness (QED) is 0.852. The standard InChI is InChI=1S/C12H11FN2O2/c13-9-4-2-1-3-8(9)7-15-12(16)10-5-6-11(14)17-10/h1-6H,7,14H2,(H,15,16). The Morgan fingerprint density at radius 2 is 2.06 bits per heavy atom. The molecule has 3 N–H and O–H groups in total. The zero-order valence-electron chi connectivity index (χ0n) is 8.94. The number of hydrogen-bond donors (Lipinski definition) is 2. The monoisotopic (exact) mass is 234 g/mol. The van der Waals surface area contributed by atoms with Crippen molar-refractivity contribution in [1.82, 2.24) is 5.32 Å². The first kappa shape index (κ1) is 11.2. The van der Waals surface area contributed by atoms with Crippen molar-refractivity contribution >= 4 is 11.8 Å². The number of nitrogens with one attached hydrogen (secondary N) is 1. The molecule has 2 rings (SSSR count). The van der Waals surface area contributed by atoms with Crippen LogP contribution in [-0.2, 0) is 6.54 Å². The third-order valence-electron chi connectivity index (χ3n) is 2.25. The summed E-state index contributed by atoms with van der Waals surface area (Å²) < 4.78 is 18.2. The second-order valence-electron chi connectivity index (χ2n) is 3.48. The van der Waals surface area contributed by atoms with E-state index in [1.807, 2.05) is 0 Å². The summed E-state index contributed by atoms with van der Waals surface area (Å²) in [5, 5.41) is 2.54. The van der Waals surface area contributed by atoms with Crippen LogP contribution < -0.4 is 11.1 Å². The van der Waals surface area contributed by atoms with Crippen LogP contribution in [0.4, 0.5) is 10.3 Å². The topological polar surface area (TPSA) is 68.3 Å². The zero-order chi connectivity index (χ0) is 12.3. The lowest BCUT2D eigenvalue weighted by Gasteiger charge is -2.04. The molecule has 0 saturated carbocycles. The number of benzene rings is 1. The van der Waals surface area contributed by atoms with E-state index in [4.69, 9.17) is 10.2 Å². The lowest BCUT2D eigenvalue weighted by Crippen LogP contribution is -2.22. The highest BCUT2D eigenvalue weighted by Crippen LogP contribution is 2.10. The summed E-state index contributed by atoms with van der Waals surface area (Å²) in [4.78, 5) is 11.6. The summed E-state index contributed by atoms with van der Waals surface area (Å²) in [5.41, 5.74) is 5.76. The Hall–Kier alpha value is -2.30. The second-order valence-corrected chi connectivity index (χ2v) is 3.48. The molecule has 0 aliphatic heterocycles. The largest absolute Gasteiger partial charge is 0.436 e. The van der Waals surface area contributed by atoms with Gasteiger partial charge in [-0.1, -0.05) is 18.2 Å². The van der Waals surface area contributed by atoms with Crippen LogP contribution in [0.1, 0.15) is 16.1 Å².